The molecule has 11 nitrogen and oxygen atoms in total. The molecular formula is C25H21F2N9O2. The number of hydrogen-bond donors (Lipinski definition) is 2. The molecule has 0 unspecified atom stereocenters. The van der Waals surface area contributed by atoms with E-state index in [1.807, 2.05) is 0 Å². The van der Waals surface area contributed by atoms with Crippen LogP contribution in [0.15, 0.2) is 60.9 Å². The van der Waals surface area contributed by atoms with Crippen LogP contribution in [-0.2, 0) is 17.7 Å². The number of rotatable bonds is 6. The molecule has 0 radical (unpaired) electrons. The highest BCUT2D eigenvalue weighted by Crippen LogP contribution is 2.31. The number of methoxy groups -OCH3 is 1. The van der Waals surface area contributed by atoms with Crippen molar-refractivity contribution in [1.29, 1.82) is 0 Å². The highest BCUT2D eigenvalue weighted by atomic mass is 19.1. The van der Waals surface area contributed by atoms with Gasteiger partial charge in [-0.25, -0.2) is 18.6 Å². The summed E-state index contributed by atoms with van der Waals surface area (Å²) in [6.45, 7) is -0.0166. The van der Waals surface area contributed by atoms with Crippen molar-refractivity contribution < 1.29 is 18.3 Å². The molecule has 0 aliphatic carbocycles. The lowest BCUT2D eigenvalue weighted by Crippen LogP contribution is -2.32. The Hall–Kier alpha value is -5.20. The first kappa shape index (κ1) is 24.5. The van der Waals surface area contributed by atoms with Gasteiger partial charge in [0, 0.05) is 18.7 Å². The number of nitrogens with zero attached hydrogens (tertiary/aromatic N) is 7. The van der Waals surface area contributed by atoms with Crippen molar-refractivity contribution in [3.8, 4) is 5.95 Å². The van der Waals surface area contributed by atoms with Crippen LogP contribution in [0.25, 0.3) is 17.0 Å². The molecular weight excluding hydrogens is 496 g/mol. The molecule has 1 amide bonds. The number of halogens is 2. The first-order valence-corrected chi connectivity index (χ1v) is 11.3. The molecule has 5 rings (SSSR count). The molecule has 0 atom stereocenters. The minimum atomic E-state index is -0.756. The number of benzene rings is 1. The quantitative estimate of drug-likeness (QED) is 0.345. The van der Waals surface area contributed by atoms with Gasteiger partial charge in [-0.15, -0.1) is 0 Å². The van der Waals surface area contributed by atoms with E-state index in [0.29, 0.717) is 22.5 Å². The number of anilines is 3. The van der Waals surface area contributed by atoms with Crippen molar-refractivity contribution in [3.63, 3.8) is 0 Å². The minimum Gasteiger partial charge on any atom is -0.452 e. The number of carbonyl (C=O) groups is 1. The smallest absolute Gasteiger partial charge is 0.414 e. The fraction of sp³-hybridized carbons (Fsp3) is 0.120. The topological polar surface area (TPSA) is 151 Å². The van der Waals surface area contributed by atoms with Crippen molar-refractivity contribution in [2.45, 2.75) is 13.0 Å². The lowest BCUT2D eigenvalue weighted by molar-refractivity contribution is 0.178. The van der Waals surface area contributed by atoms with E-state index in [0.717, 1.165) is 11.1 Å². The number of nitrogen functional groups attached to an aromatic ring is 2. The maximum absolute atomic E-state index is 14.3. The Kier molecular flexibility index (Phi) is 6.47. The molecule has 0 saturated carbocycles. The Morgan fingerprint density at radius 3 is 2.47 bits per heavy atom. The molecule has 5 aromatic rings. The van der Waals surface area contributed by atoms with Gasteiger partial charge in [0.05, 0.1) is 36.8 Å². The van der Waals surface area contributed by atoms with Gasteiger partial charge in [0.1, 0.15) is 22.8 Å². The van der Waals surface area contributed by atoms with Gasteiger partial charge in [-0.2, -0.15) is 19.7 Å². The molecule has 0 aliphatic rings. The Labute approximate surface area is 214 Å². The fourth-order valence-electron chi connectivity index (χ4n) is 3.98. The molecule has 4 aromatic heterocycles. The van der Waals surface area contributed by atoms with E-state index in [1.54, 1.807) is 42.6 Å². The summed E-state index contributed by atoms with van der Waals surface area (Å²) in [6.07, 6.45) is 1.94. The number of carbonyl (C=O) groups excluding carboxylic acids is 1. The van der Waals surface area contributed by atoms with Crippen LogP contribution in [0.1, 0.15) is 17.0 Å². The average Bonchev–Trinajstić information content (AvgIpc) is 3.26. The molecule has 13 heteroatoms. The maximum atomic E-state index is 14.3. The molecule has 4 N–H and O–H groups in total. The van der Waals surface area contributed by atoms with Crippen LogP contribution < -0.4 is 16.4 Å². The van der Waals surface area contributed by atoms with E-state index in [4.69, 9.17) is 16.2 Å². The van der Waals surface area contributed by atoms with Gasteiger partial charge in [0.2, 0.25) is 0 Å². The second-order valence-corrected chi connectivity index (χ2v) is 8.17. The Morgan fingerprint density at radius 1 is 1.05 bits per heavy atom. The number of amides is 1. The number of ether oxygens (including phenoxy) is 1. The molecule has 0 spiro atoms. The van der Waals surface area contributed by atoms with Gasteiger partial charge in [-0.3, -0.25) is 9.88 Å². The average molecular weight is 518 g/mol. The van der Waals surface area contributed by atoms with Gasteiger partial charge >= 0.3 is 6.09 Å². The maximum Gasteiger partial charge on any atom is 0.414 e. The zero-order valence-corrected chi connectivity index (χ0v) is 20.0. The van der Waals surface area contributed by atoms with Crippen molar-refractivity contribution in [2.75, 3.05) is 23.5 Å². The summed E-state index contributed by atoms with van der Waals surface area (Å²) in [6, 6.07) is 12.6. The second kappa shape index (κ2) is 10.0. The number of pyridine rings is 2. The van der Waals surface area contributed by atoms with Crippen molar-refractivity contribution in [1.82, 2.24) is 29.7 Å². The number of fused-ring (bicyclic) bond motifs is 1. The molecule has 0 aliphatic heterocycles. The highest BCUT2D eigenvalue weighted by molar-refractivity contribution is 5.94. The third-order valence-corrected chi connectivity index (χ3v) is 5.70. The van der Waals surface area contributed by atoms with Crippen LogP contribution in [0.5, 0.6) is 0 Å². The van der Waals surface area contributed by atoms with Crippen LogP contribution >= 0.6 is 0 Å². The number of nitrogens with two attached hydrogens (primary N) is 2. The first-order valence-electron chi connectivity index (χ1n) is 11.3. The van der Waals surface area contributed by atoms with Crippen LogP contribution in [0.4, 0.5) is 30.9 Å². The monoisotopic (exact) mass is 517 g/mol. The van der Waals surface area contributed by atoms with E-state index >= 15 is 0 Å². The predicted molar refractivity (Wildman–Crippen MR) is 135 cm³/mol. The summed E-state index contributed by atoms with van der Waals surface area (Å²) in [5, 5.41) is 4.48. The minimum absolute atomic E-state index is 0.0126. The van der Waals surface area contributed by atoms with Gasteiger partial charge in [0.25, 0.3) is 5.95 Å². The summed E-state index contributed by atoms with van der Waals surface area (Å²) in [5.74, 6) is -1.44. The molecule has 0 fully saturated rings. The van der Waals surface area contributed by atoms with Gasteiger partial charge in [-0.1, -0.05) is 24.3 Å². The van der Waals surface area contributed by atoms with E-state index < -0.39 is 17.7 Å². The standard InChI is InChI=1S/C25H21F2N9O2/c1-38-25(37)35(13-16-7-4-5-9-30-16)21-22(28)32-24(33-23(21)29)36-19-11-15(26)12-31-20(19)18(34-36)10-14-6-2-3-8-17(14)27/h2-9,11-12H,10,13H2,1H3,(H4,28,29,32,33). The first-order chi connectivity index (χ1) is 18.4. The molecule has 192 valence electrons. The molecule has 0 saturated heterocycles. The Balaban J connectivity index is 1.60. The largest absolute Gasteiger partial charge is 0.452 e. The Bertz CT molecular complexity index is 1620. The zero-order valence-electron chi connectivity index (χ0n) is 20.0. The fourth-order valence-corrected chi connectivity index (χ4v) is 3.98. The number of aromatic nitrogens is 6. The van der Waals surface area contributed by atoms with Crippen LogP contribution in [-0.4, -0.2) is 42.9 Å². The normalized spacial score (nSPS) is 11.0. The van der Waals surface area contributed by atoms with Crippen LogP contribution in [0.2, 0.25) is 0 Å². The summed E-state index contributed by atoms with van der Waals surface area (Å²) in [5.41, 5.74) is 14.3. The van der Waals surface area contributed by atoms with Crippen molar-refractivity contribution in [3.05, 3.63) is 89.5 Å². The molecule has 4 heterocycles. The third kappa shape index (κ3) is 4.64. The number of hydrogen-bond acceptors (Lipinski definition) is 9. The summed E-state index contributed by atoms with van der Waals surface area (Å²) in [4.78, 5) is 30.7. The lowest BCUT2D eigenvalue weighted by Gasteiger charge is -2.23. The predicted octanol–water partition coefficient (Wildman–Crippen LogP) is 3.41. The van der Waals surface area contributed by atoms with Crippen LogP contribution in [0.3, 0.4) is 0 Å². The summed E-state index contributed by atoms with van der Waals surface area (Å²) in [7, 11) is 1.21. The molecule has 0 bridgehead atoms. The highest BCUT2D eigenvalue weighted by Gasteiger charge is 2.26. The van der Waals surface area contributed by atoms with E-state index in [1.165, 1.54) is 23.9 Å². The summed E-state index contributed by atoms with van der Waals surface area (Å²) < 4.78 is 34.6. The lowest BCUT2D eigenvalue weighted by atomic mass is 10.1. The van der Waals surface area contributed by atoms with Gasteiger partial charge < -0.3 is 16.2 Å². The van der Waals surface area contributed by atoms with E-state index in [9.17, 15) is 13.6 Å². The van der Waals surface area contributed by atoms with Gasteiger partial charge in [0.15, 0.2) is 11.6 Å². The molecule has 38 heavy (non-hydrogen) atoms. The van der Waals surface area contributed by atoms with Crippen molar-refractivity contribution in [2.24, 2.45) is 0 Å². The Morgan fingerprint density at radius 2 is 1.79 bits per heavy atom. The van der Waals surface area contributed by atoms with Gasteiger partial charge in [-0.05, 0) is 23.8 Å². The zero-order chi connectivity index (χ0) is 26.8. The van der Waals surface area contributed by atoms with Crippen LogP contribution in [0, 0.1) is 11.6 Å². The summed E-state index contributed by atoms with van der Waals surface area (Å²) >= 11 is 0. The molecule has 1 aromatic carbocycles. The van der Waals surface area contributed by atoms with E-state index in [2.05, 4.69) is 25.0 Å². The van der Waals surface area contributed by atoms with Crippen molar-refractivity contribution >= 4 is 34.4 Å². The van der Waals surface area contributed by atoms with E-state index in [-0.39, 0.29) is 41.8 Å². The SMILES string of the molecule is COC(=O)N(Cc1ccccn1)c1c(N)nc(-n2nc(Cc3ccccc3F)c3ncc(F)cc32)nc1N. The third-order valence-electron chi connectivity index (χ3n) is 5.70. The second-order valence-electron chi connectivity index (χ2n) is 8.17.